The molecule has 1 fully saturated rings. The van der Waals surface area contributed by atoms with Gasteiger partial charge in [-0.05, 0) is 53.7 Å². The third-order valence-corrected chi connectivity index (χ3v) is 4.29. The van der Waals surface area contributed by atoms with Gasteiger partial charge in [0.05, 0.1) is 6.61 Å². The number of anilines is 1. The van der Waals surface area contributed by atoms with Crippen molar-refractivity contribution < 1.29 is 9.53 Å². The first-order chi connectivity index (χ1) is 9.22. The van der Waals surface area contributed by atoms with Gasteiger partial charge < -0.3 is 10.1 Å². The van der Waals surface area contributed by atoms with Crippen LogP contribution in [0.5, 0.6) is 0 Å². The van der Waals surface area contributed by atoms with E-state index in [0.29, 0.717) is 12.5 Å². The second kappa shape index (κ2) is 6.94. The van der Waals surface area contributed by atoms with Crippen molar-refractivity contribution in [1.29, 1.82) is 0 Å². The number of hydrogen-bond acceptors (Lipinski definition) is 3. The van der Waals surface area contributed by atoms with Crippen LogP contribution in [0.3, 0.4) is 0 Å². The molecule has 2 rings (SSSR count). The van der Waals surface area contributed by atoms with Crippen LogP contribution >= 0.6 is 15.9 Å². The Kier molecular flexibility index (Phi) is 5.25. The topological polar surface area (TPSA) is 38.3 Å². The Labute approximate surface area is 122 Å². The second-order valence-corrected chi connectivity index (χ2v) is 5.75. The zero-order valence-corrected chi connectivity index (χ0v) is 12.8. The molecule has 0 heterocycles. The average molecular weight is 326 g/mol. The highest BCUT2D eigenvalue weighted by Gasteiger charge is 2.31. The Bertz CT molecular complexity index is 430. The summed E-state index contributed by atoms with van der Waals surface area (Å²) < 4.78 is 6.19. The van der Waals surface area contributed by atoms with Crippen LogP contribution in [0.2, 0.25) is 0 Å². The van der Waals surface area contributed by atoms with E-state index >= 15 is 0 Å². The standard InChI is InChI=1S/C15H20BrNO2/c1-2-19-15(18)14(11-7-3-4-8-11)17-13-10-6-5-9-12(13)16/h5-6,9-11,14,17H,2-4,7-8H2,1H3. The molecule has 1 saturated carbocycles. The molecule has 0 aliphatic heterocycles. The number of para-hydroxylation sites is 1. The first-order valence-corrected chi connectivity index (χ1v) is 7.69. The first-order valence-electron chi connectivity index (χ1n) is 6.90. The highest BCUT2D eigenvalue weighted by molar-refractivity contribution is 9.10. The summed E-state index contributed by atoms with van der Waals surface area (Å²) in [5, 5.41) is 3.35. The molecule has 1 aromatic rings. The van der Waals surface area contributed by atoms with Gasteiger partial charge in [0.25, 0.3) is 0 Å². The Balaban J connectivity index is 2.13. The summed E-state index contributed by atoms with van der Waals surface area (Å²) in [6, 6.07) is 7.64. The van der Waals surface area contributed by atoms with Crippen LogP contribution in [0.4, 0.5) is 5.69 Å². The lowest BCUT2D eigenvalue weighted by molar-refractivity contribution is -0.145. The quantitative estimate of drug-likeness (QED) is 0.832. The molecule has 3 nitrogen and oxygen atoms in total. The second-order valence-electron chi connectivity index (χ2n) is 4.90. The lowest BCUT2D eigenvalue weighted by atomic mass is 9.98. The number of benzene rings is 1. The summed E-state index contributed by atoms with van der Waals surface area (Å²) in [7, 11) is 0. The minimum atomic E-state index is -0.235. The highest BCUT2D eigenvalue weighted by Crippen LogP contribution is 2.31. The minimum absolute atomic E-state index is 0.134. The van der Waals surface area contributed by atoms with Crippen molar-refractivity contribution in [3.63, 3.8) is 0 Å². The summed E-state index contributed by atoms with van der Waals surface area (Å²) >= 11 is 3.51. The van der Waals surface area contributed by atoms with Crippen molar-refractivity contribution in [2.24, 2.45) is 5.92 Å². The molecular formula is C15H20BrNO2. The van der Waals surface area contributed by atoms with Crippen LogP contribution in [0.15, 0.2) is 28.7 Å². The van der Waals surface area contributed by atoms with E-state index in [0.717, 1.165) is 23.0 Å². The summed E-state index contributed by atoms with van der Waals surface area (Å²) in [4.78, 5) is 12.1. The van der Waals surface area contributed by atoms with Crippen molar-refractivity contribution in [2.75, 3.05) is 11.9 Å². The third kappa shape index (κ3) is 3.72. The van der Waals surface area contributed by atoms with Crippen LogP contribution in [0.25, 0.3) is 0 Å². The molecule has 1 aliphatic rings. The number of carbonyl (C=O) groups is 1. The fourth-order valence-corrected chi connectivity index (χ4v) is 3.04. The fraction of sp³-hybridized carbons (Fsp3) is 0.533. The van der Waals surface area contributed by atoms with Gasteiger partial charge in [0.1, 0.15) is 6.04 Å². The van der Waals surface area contributed by atoms with Gasteiger partial charge in [-0.25, -0.2) is 4.79 Å². The van der Waals surface area contributed by atoms with E-state index < -0.39 is 0 Å². The first kappa shape index (κ1) is 14.4. The van der Waals surface area contributed by atoms with E-state index in [1.165, 1.54) is 12.8 Å². The molecule has 0 spiro atoms. The van der Waals surface area contributed by atoms with Crippen molar-refractivity contribution in [3.8, 4) is 0 Å². The van der Waals surface area contributed by atoms with Crippen LogP contribution < -0.4 is 5.32 Å². The normalized spacial score (nSPS) is 17.2. The molecule has 0 radical (unpaired) electrons. The van der Waals surface area contributed by atoms with E-state index in [4.69, 9.17) is 4.74 Å². The van der Waals surface area contributed by atoms with Gasteiger partial charge in [-0.15, -0.1) is 0 Å². The smallest absolute Gasteiger partial charge is 0.328 e. The van der Waals surface area contributed by atoms with E-state index in [1.807, 2.05) is 31.2 Å². The molecule has 0 bridgehead atoms. The predicted molar refractivity (Wildman–Crippen MR) is 80.1 cm³/mol. The van der Waals surface area contributed by atoms with Gasteiger partial charge in [-0.3, -0.25) is 0 Å². The van der Waals surface area contributed by atoms with Gasteiger partial charge >= 0.3 is 5.97 Å². The summed E-state index contributed by atoms with van der Waals surface area (Å²) in [6.07, 6.45) is 4.61. The van der Waals surface area contributed by atoms with Crippen LogP contribution in [-0.4, -0.2) is 18.6 Å². The van der Waals surface area contributed by atoms with Crippen LogP contribution in [0, 0.1) is 5.92 Å². The summed E-state index contributed by atoms with van der Waals surface area (Å²) in [5.74, 6) is 0.247. The lowest BCUT2D eigenvalue weighted by Gasteiger charge is -2.24. The van der Waals surface area contributed by atoms with Crippen LogP contribution in [-0.2, 0) is 9.53 Å². The molecule has 1 aromatic carbocycles. The van der Waals surface area contributed by atoms with Crippen LogP contribution in [0.1, 0.15) is 32.6 Å². The Morgan fingerprint density at radius 2 is 2.11 bits per heavy atom. The van der Waals surface area contributed by atoms with Gasteiger partial charge in [0.2, 0.25) is 0 Å². The van der Waals surface area contributed by atoms with Gasteiger partial charge in [-0.2, -0.15) is 0 Å². The zero-order chi connectivity index (χ0) is 13.7. The summed E-state index contributed by atoms with van der Waals surface area (Å²) in [5.41, 5.74) is 0.951. The zero-order valence-electron chi connectivity index (χ0n) is 11.2. The molecule has 0 aromatic heterocycles. The molecular weight excluding hydrogens is 306 g/mol. The number of ether oxygens (including phenoxy) is 1. The minimum Gasteiger partial charge on any atom is -0.464 e. The number of hydrogen-bond donors (Lipinski definition) is 1. The predicted octanol–water partition coefficient (Wildman–Crippen LogP) is 3.98. The SMILES string of the molecule is CCOC(=O)C(Nc1ccccc1Br)C1CCCC1. The fourth-order valence-electron chi connectivity index (χ4n) is 2.64. The molecule has 0 saturated heterocycles. The largest absolute Gasteiger partial charge is 0.464 e. The lowest BCUT2D eigenvalue weighted by Crippen LogP contribution is -2.37. The molecule has 1 unspecified atom stereocenters. The van der Waals surface area contributed by atoms with E-state index in [2.05, 4.69) is 21.2 Å². The molecule has 4 heteroatoms. The third-order valence-electron chi connectivity index (χ3n) is 3.60. The number of rotatable bonds is 5. The molecule has 19 heavy (non-hydrogen) atoms. The summed E-state index contributed by atoms with van der Waals surface area (Å²) in [6.45, 7) is 2.28. The maximum atomic E-state index is 12.1. The maximum Gasteiger partial charge on any atom is 0.328 e. The van der Waals surface area contributed by atoms with E-state index in [-0.39, 0.29) is 12.0 Å². The Morgan fingerprint density at radius 1 is 1.42 bits per heavy atom. The van der Waals surface area contributed by atoms with Crippen molar-refractivity contribution >= 4 is 27.6 Å². The molecule has 1 atom stereocenters. The van der Waals surface area contributed by atoms with Gasteiger partial charge in [0, 0.05) is 10.2 Å². The maximum absolute atomic E-state index is 12.1. The van der Waals surface area contributed by atoms with Crippen molar-refractivity contribution in [1.82, 2.24) is 0 Å². The number of esters is 1. The highest BCUT2D eigenvalue weighted by atomic mass is 79.9. The Morgan fingerprint density at radius 3 is 2.74 bits per heavy atom. The number of halogens is 1. The molecule has 1 N–H and O–H groups in total. The number of carbonyl (C=O) groups excluding carboxylic acids is 1. The molecule has 1 aliphatic carbocycles. The average Bonchev–Trinajstić information content (AvgIpc) is 2.91. The molecule has 104 valence electrons. The number of nitrogens with one attached hydrogen (secondary N) is 1. The van der Waals surface area contributed by atoms with Crippen molar-refractivity contribution in [2.45, 2.75) is 38.6 Å². The van der Waals surface area contributed by atoms with E-state index in [9.17, 15) is 4.79 Å². The monoisotopic (exact) mass is 325 g/mol. The van der Waals surface area contributed by atoms with Crippen molar-refractivity contribution in [3.05, 3.63) is 28.7 Å². The molecule has 0 amide bonds. The Hall–Kier alpha value is -1.03. The van der Waals surface area contributed by atoms with Gasteiger partial charge in [-0.1, -0.05) is 25.0 Å². The van der Waals surface area contributed by atoms with E-state index in [1.54, 1.807) is 0 Å². The van der Waals surface area contributed by atoms with Gasteiger partial charge in [0.15, 0.2) is 0 Å².